The molecule has 32 heavy (non-hydrogen) atoms. The second kappa shape index (κ2) is 12.3. The molecule has 0 unspecified atom stereocenters. The van der Waals surface area contributed by atoms with Gasteiger partial charge in [0.15, 0.2) is 0 Å². The number of anilines is 2. The summed E-state index contributed by atoms with van der Waals surface area (Å²) < 4.78 is 0. The van der Waals surface area contributed by atoms with Crippen molar-refractivity contribution in [2.75, 3.05) is 16.8 Å². The van der Waals surface area contributed by atoms with E-state index in [1.54, 1.807) is 22.9 Å². The lowest BCUT2D eigenvalue weighted by Crippen LogP contribution is -2.32. The minimum absolute atomic E-state index is 0.0708. The van der Waals surface area contributed by atoms with E-state index in [0.717, 1.165) is 22.0 Å². The second-order valence-corrected chi connectivity index (χ2v) is 7.99. The maximum atomic E-state index is 12.7. The summed E-state index contributed by atoms with van der Waals surface area (Å²) in [6, 6.07) is 24.7. The van der Waals surface area contributed by atoms with Crippen LogP contribution in [0.15, 0.2) is 84.0 Å². The highest BCUT2D eigenvalue weighted by Crippen LogP contribution is 2.22. The Hall–Kier alpha value is -3.63. The van der Waals surface area contributed by atoms with Crippen LogP contribution in [0.5, 0.6) is 0 Å². The largest absolute Gasteiger partial charge is 0.326 e. The Balaban J connectivity index is 1.52. The molecule has 1 aromatic heterocycles. The van der Waals surface area contributed by atoms with E-state index in [9.17, 15) is 9.59 Å². The fourth-order valence-electron chi connectivity index (χ4n) is 3.08. The highest BCUT2D eigenvalue weighted by Gasteiger charge is 2.16. The molecule has 1 N–H and O–H groups in total. The van der Waals surface area contributed by atoms with Gasteiger partial charge in [-0.2, -0.15) is 5.26 Å². The summed E-state index contributed by atoms with van der Waals surface area (Å²) in [7, 11) is 0. The summed E-state index contributed by atoms with van der Waals surface area (Å²) in [4.78, 5) is 31.0. The number of benzene rings is 2. The maximum absolute atomic E-state index is 12.7. The smallest absolute Gasteiger partial charge is 0.227 e. The number of thioether (sulfide) groups is 1. The zero-order chi connectivity index (χ0) is 22.6. The van der Waals surface area contributed by atoms with Gasteiger partial charge >= 0.3 is 0 Å². The van der Waals surface area contributed by atoms with Crippen LogP contribution in [-0.4, -0.2) is 23.3 Å². The van der Waals surface area contributed by atoms with Crippen molar-refractivity contribution in [2.45, 2.75) is 30.0 Å². The third-order valence-electron chi connectivity index (χ3n) is 4.62. The minimum atomic E-state index is -0.221. The molecule has 3 rings (SSSR count). The molecule has 162 valence electrons. The molecular formula is C25H24N4O2S. The summed E-state index contributed by atoms with van der Waals surface area (Å²) >= 11 is 1.63. The van der Waals surface area contributed by atoms with Crippen molar-refractivity contribution in [3.05, 3.63) is 84.6 Å². The first-order valence-corrected chi connectivity index (χ1v) is 11.3. The van der Waals surface area contributed by atoms with Gasteiger partial charge in [0.05, 0.1) is 17.5 Å². The van der Waals surface area contributed by atoms with Gasteiger partial charge in [-0.05, 0) is 42.0 Å². The molecule has 7 heteroatoms. The van der Waals surface area contributed by atoms with E-state index >= 15 is 0 Å². The number of nitrogens with zero attached hydrogens (tertiary/aromatic N) is 3. The van der Waals surface area contributed by atoms with Crippen LogP contribution in [0.4, 0.5) is 11.4 Å². The van der Waals surface area contributed by atoms with E-state index in [1.165, 1.54) is 0 Å². The molecule has 2 amide bonds. The van der Waals surface area contributed by atoms with Crippen molar-refractivity contribution in [1.82, 2.24) is 4.98 Å². The predicted octanol–water partition coefficient (Wildman–Crippen LogP) is 5.04. The number of amides is 2. The molecule has 0 aliphatic rings. The van der Waals surface area contributed by atoms with Gasteiger partial charge in [0.2, 0.25) is 11.8 Å². The quantitative estimate of drug-likeness (QED) is 0.443. The zero-order valence-electron chi connectivity index (χ0n) is 17.6. The Bertz CT molecular complexity index is 1070. The Labute approximate surface area is 192 Å². The highest BCUT2D eigenvalue weighted by atomic mass is 32.2. The van der Waals surface area contributed by atoms with Gasteiger partial charge in [0.1, 0.15) is 0 Å². The fourth-order valence-corrected chi connectivity index (χ4v) is 3.88. The third-order valence-corrected chi connectivity index (χ3v) is 5.63. The van der Waals surface area contributed by atoms with Crippen LogP contribution in [0.25, 0.3) is 0 Å². The number of nitrogens with one attached hydrogen (secondary N) is 1. The van der Waals surface area contributed by atoms with Crippen molar-refractivity contribution in [3.8, 4) is 6.07 Å². The van der Waals surface area contributed by atoms with Crippen molar-refractivity contribution in [1.29, 1.82) is 5.26 Å². The number of rotatable bonds is 10. The van der Waals surface area contributed by atoms with Crippen LogP contribution >= 0.6 is 11.8 Å². The normalized spacial score (nSPS) is 10.2. The van der Waals surface area contributed by atoms with Crippen LogP contribution in [0.1, 0.15) is 24.8 Å². The monoisotopic (exact) mass is 444 g/mol. The SMILES string of the molecule is N#CCCN(C(=O)CCC(=O)Nc1cccc(CSc2ccccn2)c1)c1ccccc1. The van der Waals surface area contributed by atoms with E-state index in [-0.39, 0.29) is 31.1 Å². The first kappa shape index (κ1) is 23.0. The number of carbonyl (C=O) groups excluding carboxylic acids is 2. The molecule has 6 nitrogen and oxygen atoms in total. The Kier molecular flexibility index (Phi) is 8.84. The van der Waals surface area contributed by atoms with Gasteiger partial charge < -0.3 is 10.2 Å². The molecular weight excluding hydrogens is 420 g/mol. The average molecular weight is 445 g/mol. The minimum Gasteiger partial charge on any atom is -0.326 e. The first-order valence-electron chi connectivity index (χ1n) is 10.3. The lowest BCUT2D eigenvalue weighted by Gasteiger charge is -2.21. The number of para-hydroxylation sites is 1. The van der Waals surface area contributed by atoms with E-state index in [1.807, 2.05) is 72.8 Å². The van der Waals surface area contributed by atoms with E-state index in [4.69, 9.17) is 5.26 Å². The maximum Gasteiger partial charge on any atom is 0.227 e. The highest BCUT2D eigenvalue weighted by molar-refractivity contribution is 7.98. The summed E-state index contributed by atoms with van der Waals surface area (Å²) in [5.74, 6) is 0.340. The zero-order valence-corrected chi connectivity index (χ0v) is 18.4. The molecule has 0 spiro atoms. The first-order chi connectivity index (χ1) is 15.7. The number of aromatic nitrogens is 1. The van der Waals surface area contributed by atoms with Gasteiger partial charge in [0, 0.05) is 42.7 Å². The van der Waals surface area contributed by atoms with Crippen LogP contribution in [0.3, 0.4) is 0 Å². The van der Waals surface area contributed by atoms with Gasteiger partial charge in [0.25, 0.3) is 0 Å². The number of hydrogen-bond acceptors (Lipinski definition) is 5. The molecule has 3 aromatic rings. The topological polar surface area (TPSA) is 86.1 Å². The van der Waals surface area contributed by atoms with E-state index in [2.05, 4.69) is 16.4 Å². The van der Waals surface area contributed by atoms with Gasteiger partial charge in [-0.1, -0.05) is 36.4 Å². The van der Waals surface area contributed by atoms with Crippen molar-refractivity contribution in [2.24, 2.45) is 0 Å². The molecule has 0 aliphatic heterocycles. The molecule has 0 saturated heterocycles. The predicted molar refractivity (Wildman–Crippen MR) is 127 cm³/mol. The molecule has 2 aromatic carbocycles. The average Bonchev–Trinajstić information content (AvgIpc) is 2.83. The number of hydrogen-bond donors (Lipinski definition) is 1. The summed E-state index contributed by atoms with van der Waals surface area (Å²) in [6.07, 6.45) is 2.14. The van der Waals surface area contributed by atoms with Crippen molar-refractivity contribution < 1.29 is 9.59 Å². The van der Waals surface area contributed by atoms with E-state index in [0.29, 0.717) is 12.2 Å². The number of pyridine rings is 1. The second-order valence-electron chi connectivity index (χ2n) is 6.99. The molecule has 0 saturated carbocycles. The Morgan fingerprint density at radius 3 is 2.56 bits per heavy atom. The molecule has 1 heterocycles. The van der Waals surface area contributed by atoms with Gasteiger partial charge in [-0.15, -0.1) is 11.8 Å². The van der Waals surface area contributed by atoms with Crippen LogP contribution < -0.4 is 10.2 Å². The van der Waals surface area contributed by atoms with Crippen LogP contribution in [-0.2, 0) is 15.3 Å². The van der Waals surface area contributed by atoms with Crippen molar-refractivity contribution >= 4 is 35.0 Å². The summed E-state index contributed by atoms with van der Waals surface area (Å²) in [6.45, 7) is 0.303. The molecule has 0 radical (unpaired) electrons. The van der Waals surface area contributed by atoms with Crippen molar-refractivity contribution in [3.63, 3.8) is 0 Å². The van der Waals surface area contributed by atoms with E-state index < -0.39 is 0 Å². The van der Waals surface area contributed by atoms with Crippen LogP contribution in [0.2, 0.25) is 0 Å². The standard InChI is InChI=1S/C25H24N4O2S/c26-15-7-17-29(22-10-2-1-3-11-22)25(31)14-13-23(30)28-21-9-6-8-20(18-21)19-32-24-12-4-5-16-27-24/h1-6,8-12,16,18H,7,13-14,17,19H2,(H,28,30). The molecule has 0 atom stereocenters. The summed E-state index contributed by atoms with van der Waals surface area (Å²) in [5.41, 5.74) is 2.50. The molecule has 0 fully saturated rings. The van der Waals surface area contributed by atoms with Gasteiger partial charge in [-0.3, -0.25) is 9.59 Å². The van der Waals surface area contributed by atoms with Gasteiger partial charge in [-0.25, -0.2) is 4.98 Å². The lowest BCUT2D eigenvalue weighted by atomic mass is 10.2. The molecule has 0 bridgehead atoms. The van der Waals surface area contributed by atoms with Crippen LogP contribution in [0, 0.1) is 11.3 Å². The lowest BCUT2D eigenvalue weighted by molar-refractivity contribution is -0.122. The Morgan fingerprint density at radius 2 is 1.81 bits per heavy atom. The Morgan fingerprint density at radius 1 is 1.00 bits per heavy atom. The third kappa shape index (κ3) is 7.25. The number of nitriles is 1. The fraction of sp³-hybridized carbons (Fsp3) is 0.200. The molecule has 0 aliphatic carbocycles. The summed E-state index contributed by atoms with van der Waals surface area (Å²) in [5, 5.41) is 12.7. The number of carbonyl (C=O) groups is 2.